The number of ether oxygens (including phenoxy) is 1. The molecule has 0 radical (unpaired) electrons. The summed E-state index contributed by atoms with van der Waals surface area (Å²) >= 11 is 0. The molecule has 4 heteroatoms. The van der Waals surface area contributed by atoms with Gasteiger partial charge in [0.15, 0.2) is 0 Å². The average Bonchev–Trinajstić information content (AvgIpc) is 2.50. The van der Waals surface area contributed by atoms with E-state index in [0.717, 1.165) is 24.0 Å². The highest BCUT2D eigenvalue weighted by molar-refractivity contribution is 5.80. The molecule has 1 aromatic rings. The second-order valence-corrected chi connectivity index (χ2v) is 7.09. The largest absolute Gasteiger partial charge is 0.481 e. The normalized spacial score (nSPS) is 14.1. The topological polar surface area (TPSA) is 63.6 Å². The number of carbonyl (C=O) groups excluding carboxylic acids is 1. The van der Waals surface area contributed by atoms with Crippen molar-refractivity contribution in [1.82, 2.24) is 0 Å². The number of carboxylic acid groups (broad SMARTS) is 1. The highest BCUT2D eigenvalue weighted by Crippen LogP contribution is 2.32. The number of hydrogen-bond acceptors (Lipinski definition) is 3. The summed E-state index contributed by atoms with van der Waals surface area (Å²) < 4.78 is 4.80. The molecule has 0 saturated carbocycles. The molecule has 0 aliphatic rings. The number of carbonyl (C=O) groups is 2. The second kappa shape index (κ2) is 7.62. The zero-order valence-electron chi connectivity index (χ0n) is 14.8. The first-order chi connectivity index (χ1) is 10.6. The van der Waals surface area contributed by atoms with Gasteiger partial charge in [-0.25, -0.2) is 0 Å². The summed E-state index contributed by atoms with van der Waals surface area (Å²) in [6, 6.07) is 7.67. The SMILES string of the molecule is COC(=O)C(C)(C)CCCCC(C)(C(=O)O)c1cccc(C)c1. The minimum absolute atomic E-state index is 0.225. The summed E-state index contributed by atoms with van der Waals surface area (Å²) in [4.78, 5) is 23.5. The van der Waals surface area contributed by atoms with E-state index in [1.165, 1.54) is 7.11 Å². The van der Waals surface area contributed by atoms with Crippen molar-refractivity contribution < 1.29 is 19.4 Å². The minimum Gasteiger partial charge on any atom is -0.481 e. The van der Waals surface area contributed by atoms with Crippen LogP contribution in [0, 0.1) is 12.3 Å². The third-order valence-corrected chi connectivity index (χ3v) is 4.59. The average molecular weight is 320 g/mol. The maximum atomic E-state index is 11.8. The van der Waals surface area contributed by atoms with E-state index in [0.29, 0.717) is 12.8 Å². The Labute approximate surface area is 138 Å². The van der Waals surface area contributed by atoms with Crippen molar-refractivity contribution in [2.24, 2.45) is 5.41 Å². The third-order valence-electron chi connectivity index (χ3n) is 4.59. The molecule has 23 heavy (non-hydrogen) atoms. The first kappa shape index (κ1) is 19.2. The summed E-state index contributed by atoms with van der Waals surface area (Å²) in [6.07, 6.45) is 2.76. The van der Waals surface area contributed by atoms with Gasteiger partial charge in [0.2, 0.25) is 0 Å². The lowest BCUT2D eigenvalue weighted by molar-refractivity contribution is -0.151. The van der Waals surface area contributed by atoms with Gasteiger partial charge >= 0.3 is 11.9 Å². The van der Waals surface area contributed by atoms with Gasteiger partial charge in [-0.3, -0.25) is 9.59 Å². The van der Waals surface area contributed by atoms with Crippen molar-refractivity contribution in [3.8, 4) is 0 Å². The summed E-state index contributed by atoms with van der Waals surface area (Å²) in [5.74, 6) is -1.03. The molecule has 1 atom stereocenters. The van der Waals surface area contributed by atoms with Crippen molar-refractivity contribution >= 4 is 11.9 Å². The number of rotatable bonds is 8. The number of methoxy groups -OCH3 is 1. The van der Waals surface area contributed by atoms with Crippen LogP contribution in [0.5, 0.6) is 0 Å². The van der Waals surface area contributed by atoms with Crippen LogP contribution in [-0.4, -0.2) is 24.2 Å². The number of aliphatic carboxylic acids is 1. The van der Waals surface area contributed by atoms with Crippen LogP contribution >= 0.6 is 0 Å². The van der Waals surface area contributed by atoms with Crippen LogP contribution in [0.4, 0.5) is 0 Å². The molecule has 1 rings (SSSR count). The minimum atomic E-state index is -0.901. The van der Waals surface area contributed by atoms with Crippen molar-refractivity contribution in [3.05, 3.63) is 35.4 Å². The van der Waals surface area contributed by atoms with Gasteiger partial charge in [0.25, 0.3) is 0 Å². The van der Waals surface area contributed by atoms with E-state index in [9.17, 15) is 14.7 Å². The summed E-state index contributed by atoms with van der Waals surface area (Å²) in [5, 5.41) is 9.69. The highest BCUT2D eigenvalue weighted by Gasteiger charge is 2.35. The smallest absolute Gasteiger partial charge is 0.313 e. The van der Waals surface area contributed by atoms with Gasteiger partial charge in [0, 0.05) is 0 Å². The molecular weight excluding hydrogens is 292 g/mol. The summed E-state index contributed by atoms with van der Waals surface area (Å²) in [5.41, 5.74) is 0.457. The molecule has 0 saturated heterocycles. The molecule has 0 amide bonds. The zero-order valence-corrected chi connectivity index (χ0v) is 14.8. The lowest BCUT2D eigenvalue weighted by Gasteiger charge is -2.27. The van der Waals surface area contributed by atoms with Crippen molar-refractivity contribution in [1.29, 1.82) is 0 Å². The summed E-state index contributed by atoms with van der Waals surface area (Å²) in [7, 11) is 1.39. The highest BCUT2D eigenvalue weighted by atomic mass is 16.5. The fraction of sp³-hybridized carbons (Fsp3) is 0.579. The molecule has 1 aromatic carbocycles. The van der Waals surface area contributed by atoms with Gasteiger partial charge < -0.3 is 9.84 Å². The van der Waals surface area contributed by atoms with Crippen LogP contribution in [0.3, 0.4) is 0 Å². The Morgan fingerprint density at radius 3 is 2.26 bits per heavy atom. The summed E-state index contributed by atoms with van der Waals surface area (Å²) in [6.45, 7) is 7.45. The predicted octanol–water partition coefficient (Wildman–Crippen LogP) is 4.10. The van der Waals surface area contributed by atoms with Crippen LogP contribution in [0.15, 0.2) is 24.3 Å². The monoisotopic (exact) mass is 320 g/mol. The zero-order chi connectivity index (χ0) is 17.7. The van der Waals surface area contributed by atoms with Crippen LogP contribution in [0.25, 0.3) is 0 Å². The molecule has 0 heterocycles. The van der Waals surface area contributed by atoms with E-state index < -0.39 is 16.8 Å². The first-order valence-corrected chi connectivity index (χ1v) is 8.02. The Morgan fingerprint density at radius 2 is 1.74 bits per heavy atom. The molecule has 0 spiro atoms. The van der Waals surface area contributed by atoms with Crippen LogP contribution in [-0.2, 0) is 19.7 Å². The van der Waals surface area contributed by atoms with Crippen molar-refractivity contribution in [2.45, 2.75) is 58.8 Å². The van der Waals surface area contributed by atoms with Gasteiger partial charge in [-0.05, 0) is 46.1 Å². The standard InChI is InChI=1S/C19H28O4/c1-14-9-8-10-15(13-14)19(4,16(20)21)12-7-6-11-18(2,3)17(22)23-5/h8-10,13H,6-7,11-12H2,1-5H3,(H,20,21). The van der Waals surface area contributed by atoms with Gasteiger partial charge in [-0.2, -0.15) is 0 Å². The molecule has 0 aromatic heterocycles. The van der Waals surface area contributed by atoms with Gasteiger partial charge in [0.05, 0.1) is 17.9 Å². The van der Waals surface area contributed by atoms with E-state index in [1.54, 1.807) is 6.92 Å². The lowest BCUT2D eigenvalue weighted by atomic mass is 9.77. The fourth-order valence-electron chi connectivity index (χ4n) is 2.79. The predicted molar refractivity (Wildman–Crippen MR) is 90.4 cm³/mol. The lowest BCUT2D eigenvalue weighted by Crippen LogP contribution is -2.32. The fourth-order valence-corrected chi connectivity index (χ4v) is 2.79. The second-order valence-electron chi connectivity index (χ2n) is 7.09. The van der Waals surface area contributed by atoms with Gasteiger partial charge in [-0.1, -0.05) is 42.7 Å². The van der Waals surface area contributed by atoms with E-state index in [1.807, 2.05) is 45.0 Å². The third kappa shape index (κ3) is 4.81. The molecule has 0 aliphatic heterocycles. The van der Waals surface area contributed by atoms with Gasteiger partial charge in [-0.15, -0.1) is 0 Å². The van der Waals surface area contributed by atoms with Crippen LogP contribution < -0.4 is 0 Å². The van der Waals surface area contributed by atoms with Crippen LogP contribution in [0.1, 0.15) is 57.6 Å². The molecule has 0 bridgehead atoms. The molecule has 0 aliphatic carbocycles. The molecular formula is C19H28O4. The molecule has 1 unspecified atom stereocenters. The molecule has 0 fully saturated rings. The molecule has 1 N–H and O–H groups in total. The first-order valence-electron chi connectivity index (χ1n) is 8.02. The number of esters is 1. The van der Waals surface area contributed by atoms with Crippen LogP contribution in [0.2, 0.25) is 0 Å². The Balaban J connectivity index is 2.72. The van der Waals surface area contributed by atoms with Crippen molar-refractivity contribution in [3.63, 3.8) is 0 Å². The molecule has 4 nitrogen and oxygen atoms in total. The Bertz CT molecular complexity index is 562. The number of hydrogen-bond donors (Lipinski definition) is 1. The van der Waals surface area contributed by atoms with Gasteiger partial charge in [0.1, 0.15) is 0 Å². The maximum absolute atomic E-state index is 11.8. The Kier molecular flexibility index (Phi) is 6.37. The van der Waals surface area contributed by atoms with E-state index in [-0.39, 0.29) is 5.97 Å². The number of carboxylic acids is 1. The Morgan fingerprint density at radius 1 is 1.13 bits per heavy atom. The van der Waals surface area contributed by atoms with E-state index in [2.05, 4.69) is 0 Å². The number of benzene rings is 1. The number of aryl methyl sites for hydroxylation is 1. The van der Waals surface area contributed by atoms with Crippen molar-refractivity contribution in [2.75, 3.05) is 7.11 Å². The molecule has 128 valence electrons. The maximum Gasteiger partial charge on any atom is 0.313 e. The Hall–Kier alpha value is -1.84. The quantitative estimate of drug-likeness (QED) is 0.578. The number of unbranched alkanes of at least 4 members (excludes halogenated alkanes) is 1. The van der Waals surface area contributed by atoms with E-state index >= 15 is 0 Å². The van der Waals surface area contributed by atoms with E-state index in [4.69, 9.17) is 4.74 Å².